The van der Waals surface area contributed by atoms with E-state index in [4.69, 9.17) is 0 Å². The highest BCUT2D eigenvalue weighted by Crippen LogP contribution is 2.12. The van der Waals surface area contributed by atoms with E-state index in [-0.39, 0.29) is 5.82 Å². The van der Waals surface area contributed by atoms with E-state index in [9.17, 15) is 4.39 Å². The maximum absolute atomic E-state index is 13.3. The lowest BCUT2D eigenvalue weighted by molar-refractivity contribution is 0.412. The van der Waals surface area contributed by atoms with Crippen molar-refractivity contribution in [2.75, 3.05) is 17.7 Å². The molecule has 2 aromatic heterocycles. The molecule has 2 rings (SSSR count). The fraction of sp³-hybridized carbons (Fsp3) is 0.222. The summed E-state index contributed by atoms with van der Waals surface area (Å²) in [4.78, 5) is 7.65. The molecule has 0 saturated carbocycles. The minimum absolute atomic E-state index is 0.127. The van der Waals surface area contributed by atoms with Crippen LogP contribution < -0.4 is 10.6 Å². The minimum atomic E-state index is -0.512. The Kier molecular flexibility index (Phi) is 2.95. The second kappa shape index (κ2) is 4.56. The van der Waals surface area contributed by atoms with Crippen LogP contribution in [0.2, 0.25) is 0 Å². The second-order valence-corrected chi connectivity index (χ2v) is 2.98. The van der Waals surface area contributed by atoms with Gasteiger partial charge in [0.1, 0.15) is 12.0 Å². The molecule has 2 heterocycles. The summed E-state index contributed by atoms with van der Waals surface area (Å²) in [6.07, 6.45) is 2.55. The van der Waals surface area contributed by atoms with Gasteiger partial charge in [-0.2, -0.15) is 4.98 Å². The number of halogens is 1. The number of nitrogens with zero attached hydrogens (tertiary/aromatic N) is 3. The van der Waals surface area contributed by atoms with Crippen molar-refractivity contribution in [1.82, 2.24) is 15.1 Å². The number of rotatable bonds is 4. The molecule has 0 unspecified atom stereocenters. The minimum Gasteiger partial charge on any atom is -0.364 e. The first-order chi connectivity index (χ1) is 7.79. The molecule has 0 spiro atoms. The van der Waals surface area contributed by atoms with Gasteiger partial charge in [-0.05, 0) is 0 Å². The van der Waals surface area contributed by atoms with Crippen LogP contribution in [0.4, 0.5) is 16.2 Å². The van der Waals surface area contributed by atoms with E-state index in [0.29, 0.717) is 18.2 Å². The van der Waals surface area contributed by atoms with Gasteiger partial charge in [0.2, 0.25) is 5.95 Å². The van der Waals surface area contributed by atoms with Crippen molar-refractivity contribution in [3.8, 4) is 0 Å². The molecule has 0 fully saturated rings. The fourth-order valence-corrected chi connectivity index (χ4v) is 1.11. The zero-order valence-corrected chi connectivity index (χ0v) is 8.57. The highest BCUT2D eigenvalue weighted by molar-refractivity contribution is 5.40. The molecular formula is C9H10FN5O. The normalized spacial score (nSPS) is 10.1. The molecule has 0 aliphatic carbocycles. The first-order valence-electron chi connectivity index (χ1n) is 4.63. The van der Waals surface area contributed by atoms with Crippen LogP contribution in [0.5, 0.6) is 0 Å². The summed E-state index contributed by atoms with van der Waals surface area (Å²) in [5.41, 5.74) is 0.670. The topological polar surface area (TPSA) is 75.9 Å². The smallest absolute Gasteiger partial charge is 0.224 e. The molecule has 0 radical (unpaired) electrons. The van der Waals surface area contributed by atoms with Gasteiger partial charge in [0.25, 0.3) is 0 Å². The summed E-state index contributed by atoms with van der Waals surface area (Å²) >= 11 is 0. The molecule has 0 aliphatic heterocycles. The summed E-state index contributed by atoms with van der Waals surface area (Å²) in [6, 6.07) is 1.69. The molecule has 0 saturated heterocycles. The number of hydrogen-bond donors (Lipinski definition) is 2. The van der Waals surface area contributed by atoms with Crippen LogP contribution in [0.25, 0.3) is 0 Å². The molecule has 2 N–H and O–H groups in total. The summed E-state index contributed by atoms with van der Waals surface area (Å²) in [5, 5.41) is 9.21. The third-order valence-electron chi connectivity index (χ3n) is 1.90. The molecule has 0 amide bonds. The average molecular weight is 223 g/mol. The van der Waals surface area contributed by atoms with Crippen molar-refractivity contribution in [1.29, 1.82) is 0 Å². The fourth-order valence-electron chi connectivity index (χ4n) is 1.11. The monoisotopic (exact) mass is 223 g/mol. The van der Waals surface area contributed by atoms with Gasteiger partial charge in [0.05, 0.1) is 12.7 Å². The summed E-state index contributed by atoms with van der Waals surface area (Å²) in [6.45, 7) is 0.341. The largest absolute Gasteiger partial charge is 0.364 e. The Balaban J connectivity index is 2.08. The van der Waals surface area contributed by atoms with Gasteiger partial charge in [0.15, 0.2) is 11.6 Å². The SMILES string of the molecule is CNc1ncc(F)c(NCc2ccon2)n1. The lowest BCUT2D eigenvalue weighted by Crippen LogP contribution is -2.06. The summed E-state index contributed by atoms with van der Waals surface area (Å²) < 4.78 is 17.9. The van der Waals surface area contributed by atoms with Crippen LogP contribution >= 0.6 is 0 Å². The van der Waals surface area contributed by atoms with E-state index < -0.39 is 5.82 Å². The first kappa shape index (κ1) is 10.3. The predicted octanol–water partition coefficient (Wildman–Crippen LogP) is 1.26. The summed E-state index contributed by atoms with van der Waals surface area (Å²) in [7, 11) is 1.66. The second-order valence-electron chi connectivity index (χ2n) is 2.98. The molecule has 2 aromatic rings. The molecule has 0 atom stereocenters. The van der Waals surface area contributed by atoms with Crippen molar-refractivity contribution in [2.24, 2.45) is 0 Å². The number of nitrogens with one attached hydrogen (secondary N) is 2. The lowest BCUT2D eigenvalue weighted by Gasteiger charge is -2.05. The van der Waals surface area contributed by atoms with Gasteiger partial charge >= 0.3 is 0 Å². The van der Waals surface area contributed by atoms with Crippen LogP contribution in [0.1, 0.15) is 5.69 Å². The van der Waals surface area contributed by atoms with E-state index in [2.05, 4.69) is 30.3 Å². The van der Waals surface area contributed by atoms with Gasteiger partial charge in [-0.25, -0.2) is 9.37 Å². The predicted molar refractivity (Wildman–Crippen MR) is 55.4 cm³/mol. The van der Waals surface area contributed by atoms with E-state index in [1.165, 1.54) is 6.26 Å². The van der Waals surface area contributed by atoms with E-state index >= 15 is 0 Å². The standard InChI is InChI=1S/C9H10FN5O/c1-11-9-13-5-7(10)8(14-9)12-4-6-2-3-16-15-6/h2-3,5H,4H2,1H3,(H2,11,12,13,14). The molecule has 0 aliphatic rings. The van der Waals surface area contributed by atoms with E-state index in [1.807, 2.05) is 0 Å². The Labute approximate surface area is 90.9 Å². The molecule has 0 aromatic carbocycles. The van der Waals surface area contributed by atoms with Gasteiger partial charge in [-0.3, -0.25) is 0 Å². The average Bonchev–Trinajstić information content (AvgIpc) is 2.81. The number of aromatic nitrogens is 3. The Morgan fingerprint density at radius 1 is 1.50 bits per heavy atom. The van der Waals surface area contributed by atoms with Gasteiger partial charge in [0, 0.05) is 13.1 Å². The van der Waals surface area contributed by atoms with Gasteiger partial charge in [-0.15, -0.1) is 0 Å². The van der Waals surface area contributed by atoms with Crippen LogP contribution in [0, 0.1) is 5.82 Å². The van der Waals surface area contributed by atoms with Crippen molar-refractivity contribution in [3.63, 3.8) is 0 Å². The number of hydrogen-bond acceptors (Lipinski definition) is 6. The van der Waals surface area contributed by atoms with Crippen LogP contribution in [-0.2, 0) is 6.54 Å². The highest BCUT2D eigenvalue weighted by Gasteiger charge is 2.06. The molecule has 6 nitrogen and oxygen atoms in total. The summed E-state index contributed by atoms with van der Waals surface area (Å²) in [5.74, 6) is -0.0334. The molecule has 0 bridgehead atoms. The third-order valence-corrected chi connectivity index (χ3v) is 1.90. The van der Waals surface area contributed by atoms with Crippen LogP contribution in [0.3, 0.4) is 0 Å². The first-order valence-corrected chi connectivity index (χ1v) is 4.63. The van der Waals surface area contributed by atoms with Gasteiger partial charge in [-0.1, -0.05) is 5.16 Å². The highest BCUT2D eigenvalue weighted by atomic mass is 19.1. The zero-order chi connectivity index (χ0) is 11.4. The van der Waals surface area contributed by atoms with Crippen molar-refractivity contribution in [3.05, 3.63) is 30.0 Å². The number of anilines is 2. The van der Waals surface area contributed by atoms with Crippen molar-refractivity contribution in [2.45, 2.75) is 6.54 Å². The molecule has 84 valence electrons. The quantitative estimate of drug-likeness (QED) is 0.812. The maximum Gasteiger partial charge on any atom is 0.224 e. The van der Waals surface area contributed by atoms with Crippen LogP contribution in [-0.4, -0.2) is 22.2 Å². The zero-order valence-electron chi connectivity index (χ0n) is 8.57. The molecular weight excluding hydrogens is 213 g/mol. The third kappa shape index (κ3) is 2.25. The molecule has 7 heteroatoms. The van der Waals surface area contributed by atoms with E-state index in [1.54, 1.807) is 13.1 Å². The van der Waals surface area contributed by atoms with E-state index in [0.717, 1.165) is 6.20 Å². The molecule has 16 heavy (non-hydrogen) atoms. The van der Waals surface area contributed by atoms with Gasteiger partial charge < -0.3 is 15.2 Å². The Morgan fingerprint density at radius 3 is 3.06 bits per heavy atom. The Morgan fingerprint density at radius 2 is 2.38 bits per heavy atom. The Bertz CT molecular complexity index is 459. The van der Waals surface area contributed by atoms with Crippen molar-refractivity contribution < 1.29 is 8.91 Å². The van der Waals surface area contributed by atoms with Crippen LogP contribution in [0.15, 0.2) is 23.0 Å². The van der Waals surface area contributed by atoms with Crippen molar-refractivity contribution >= 4 is 11.8 Å². The maximum atomic E-state index is 13.3. The Hall–Kier alpha value is -2.18. The lowest BCUT2D eigenvalue weighted by atomic mass is 10.4.